The summed E-state index contributed by atoms with van der Waals surface area (Å²) in [6.07, 6.45) is 1.42. The lowest BCUT2D eigenvalue weighted by atomic mass is 10.1. The first kappa shape index (κ1) is 19.2. The van der Waals surface area contributed by atoms with Gasteiger partial charge in [-0.1, -0.05) is 24.3 Å². The van der Waals surface area contributed by atoms with Crippen LogP contribution in [0.5, 0.6) is 11.5 Å². The lowest BCUT2D eigenvalue weighted by molar-refractivity contribution is -0.122. The number of ether oxygens (including phenoxy) is 2. The highest BCUT2D eigenvalue weighted by Crippen LogP contribution is 2.48. The third-order valence-corrected chi connectivity index (χ3v) is 4.75. The largest absolute Gasteiger partial charge is 0.490 e. The average molecular weight is 371 g/mol. The quantitative estimate of drug-likeness (QED) is 0.722. The monoisotopic (exact) mass is 371 g/mol. The molecule has 1 aliphatic carbocycles. The highest BCUT2D eigenvalue weighted by atomic mass is 19.1. The molecular weight excluding hydrogens is 345 g/mol. The number of benzene rings is 2. The molecule has 1 amide bonds. The van der Waals surface area contributed by atoms with Crippen molar-refractivity contribution < 1.29 is 18.7 Å². The van der Waals surface area contributed by atoms with Gasteiger partial charge in [0, 0.05) is 12.5 Å². The van der Waals surface area contributed by atoms with Crippen LogP contribution in [-0.4, -0.2) is 25.7 Å². The van der Waals surface area contributed by atoms with Gasteiger partial charge in [0.15, 0.2) is 11.5 Å². The van der Waals surface area contributed by atoms with E-state index in [0.717, 1.165) is 17.1 Å². The Labute approximate surface area is 159 Å². The van der Waals surface area contributed by atoms with Gasteiger partial charge in [-0.25, -0.2) is 4.39 Å². The number of nitrogens with one attached hydrogen (secondary N) is 1. The van der Waals surface area contributed by atoms with Crippen LogP contribution in [0.15, 0.2) is 42.5 Å². The predicted octanol–water partition coefficient (Wildman–Crippen LogP) is 4.09. The van der Waals surface area contributed by atoms with Crippen molar-refractivity contribution in [1.82, 2.24) is 5.32 Å². The molecule has 27 heavy (non-hydrogen) atoms. The third kappa shape index (κ3) is 4.79. The number of carbonyl (C=O) groups excluding carboxylic acids is 1. The number of hydrogen-bond acceptors (Lipinski definition) is 3. The van der Waals surface area contributed by atoms with Crippen LogP contribution in [0.25, 0.3) is 0 Å². The Morgan fingerprint density at radius 2 is 1.85 bits per heavy atom. The molecule has 1 aliphatic rings. The molecule has 2 atom stereocenters. The second-order valence-electron chi connectivity index (χ2n) is 6.66. The Morgan fingerprint density at radius 3 is 2.59 bits per heavy atom. The Balaban J connectivity index is 1.51. The third-order valence-electron chi connectivity index (χ3n) is 4.75. The molecule has 2 unspecified atom stereocenters. The van der Waals surface area contributed by atoms with Crippen molar-refractivity contribution in [2.75, 3.05) is 19.8 Å². The smallest absolute Gasteiger partial charge is 0.223 e. The van der Waals surface area contributed by atoms with Crippen molar-refractivity contribution in [3.8, 4) is 11.5 Å². The van der Waals surface area contributed by atoms with Crippen molar-refractivity contribution in [1.29, 1.82) is 0 Å². The second kappa shape index (κ2) is 8.89. The van der Waals surface area contributed by atoms with Crippen LogP contribution in [-0.2, 0) is 11.2 Å². The van der Waals surface area contributed by atoms with E-state index in [0.29, 0.717) is 38.2 Å². The van der Waals surface area contributed by atoms with Crippen LogP contribution in [0, 0.1) is 11.7 Å². The molecule has 0 radical (unpaired) electrons. The van der Waals surface area contributed by atoms with E-state index in [1.807, 2.05) is 38.1 Å². The summed E-state index contributed by atoms with van der Waals surface area (Å²) in [6.45, 7) is 5.56. The molecule has 0 bridgehead atoms. The van der Waals surface area contributed by atoms with Crippen LogP contribution in [0.3, 0.4) is 0 Å². The molecule has 2 aromatic rings. The zero-order chi connectivity index (χ0) is 19.2. The maximum atomic E-state index is 13.8. The normalized spacial score (nSPS) is 18.0. The van der Waals surface area contributed by atoms with Crippen molar-refractivity contribution in [3.05, 3.63) is 59.4 Å². The Morgan fingerprint density at radius 1 is 1.11 bits per heavy atom. The van der Waals surface area contributed by atoms with Crippen molar-refractivity contribution >= 4 is 5.91 Å². The Bertz CT molecular complexity index is 793. The molecule has 0 heterocycles. The standard InChI is InChI=1S/C22H26FNO3/c1-3-26-20-10-9-15(13-21(20)27-4-2)11-12-24-22(25)18-14-17(18)16-7-5-6-8-19(16)23/h5-10,13,17-18H,3-4,11-12,14H2,1-2H3,(H,24,25). The predicted molar refractivity (Wildman–Crippen MR) is 103 cm³/mol. The van der Waals surface area contributed by atoms with Gasteiger partial charge in [0.05, 0.1) is 13.2 Å². The van der Waals surface area contributed by atoms with Crippen molar-refractivity contribution in [3.63, 3.8) is 0 Å². The van der Waals surface area contributed by atoms with E-state index in [9.17, 15) is 9.18 Å². The molecule has 1 saturated carbocycles. The summed E-state index contributed by atoms with van der Waals surface area (Å²) < 4.78 is 25.0. The highest BCUT2D eigenvalue weighted by Gasteiger charge is 2.44. The van der Waals surface area contributed by atoms with Gasteiger partial charge in [-0.2, -0.15) is 0 Å². The number of rotatable bonds is 9. The first-order valence-electron chi connectivity index (χ1n) is 9.54. The zero-order valence-electron chi connectivity index (χ0n) is 15.8. The fraction of sp³-hybridized carbons (Fsp3) is 0.409. The minimum absolute atomic E-state index is 0.000721. The highest BCUT2D eigenvalue weighted by molar-refractivity contribution is 5.82. The van der Waals surface area contributed by atoms with Crippen LogP contribution in [0.2, 0.25) is 0 Å². The molecule has 3 rings (SSSR count). The van der Waals surface area contributed by atoms with Crippen LogP contribution in [0.4, 0.5) is 4.39 Å². The van der Waals surface area contributed by atoms with Gasteiger partial charge in [0.1, 0.15) is 5.82 Å². The van der Waals surface area contributed by atoms with Crippen molar-refractivity contribution in [2.24, 2.45) is 5.92 Å². The molecule has 0 aromatic heterocycles. The van der Waals surface area contributed by atoms with Gasteiger partial charge in [-0.15, -0.1) is 0 Å². The molecule has 5 heteroatoms. The molecule has 0 saturated heterocycles. The fourth-order valence-corrected chi connectivity index (χ4v) is 3.32. The molecular formula is C22H26FNO3. The van der Waals surface area contributed by atoms with Crippen LogP contribution < -0.4 is 14.8 Å². The molecule has 2 aromatic carbocycles. The maximum absolute atomic E-state index is 13.8. The van der Waals surface area contributed by atoms with E-state index in [4.69, 9.17) is 9.47 Å². The van der Waals surface area contributed by atoms with Gasteiger partial charge in [0.25, 0.3) is 0 Å². The summed E-state index contributed by atoms with van der Waals surface area (Å²) in [5, 5.41) is 2.97. The SMILES string of the molecule is CCOc1ccc(CCNC(=O)C2CC2c2ccccc2F)cc1OCC. The molecule has 144 valence electrons. The summed E-state index contributed by atoms with van der Waals surface area (Å²) in [4.78, 5) is 12.3. The summed E-state index contributed by atoms with van der Waals surface area (Å²) in [5.74, 6) is 1.11. The minimum atomic E-state index is -0.226. The fourth-order valence-electron chi connectivity index (χ4n) is 3.32. The van der Waals surface area contributed by atoms with Crippen LogP contribution in [0.1, 0.15) is 37.3 Å². The molecule has 0 spiro atoms. The van der Waals surface area contributed by atoms with Crippen molar-refractivity contribution in [2.45, 2.75) is 32.6 Å². The molecule has 0 aliphatic heterocycles. The number of hydrogen-bond donors (Lipinski definition) is 1. The van der Waals surface area contributed by atoms with Gasteiger partial charge in [0.2, 0.25) is 5.91 Å². The Kier molecular flexibility index (Phi) is 6.32. The topological polar surface area (TPSA) is 47.6 Å². The first-order chi connectivity index (χ1) is 13.1. The lowest BCUT2D eigenvalue weighted by Gasteiger charge is -2.12. The van der Waals surface area contributed by atoms with E-state index in [1.54, 1.807) is 12.1 Å². The zero-order valence-corrected chi connectivity index (χ0v) is 15.8. The average Bonchev–Trinajstić information content (AvgIpc) is 3.45. The second-order valence-corrected chi connectivity index (χ2v) is 6.66. The van der Waals surface area contributed by atoms with E-state index in [-0.39, 0.29) is 23.6 Å². The van der Waals surface area contributed by atoms with E-state index in [2.05, 4.69) is 5.32 Å². The van der Waals surface area contributed by atoms with Crippen LogP contribution >= 0.6 is 0 Å². The van der Waals surface area contributed by atoms with Gasteiger partial charge >= 0.3 is 0 Å². The number of amides is 1. The first-order valence-corrected chi connectivity index (χ1v) is 9.54. The van der Waals surface area contributed by atoms with Gasteiger partial charge in [-0.3, -0.25) is 4.79 Å². The maximum Gasteiger partial charge on any atom is 0.223 e. The number of carbonyl (C=O) groups is 1. The summed E-state index contributed by atoms with van der Waals surface area (Å²) in [6, 6.07) is 12.5. The summed E-state index contributed by atoms with van der Waals surface area (Å²) in [5.41, 5.74) is 1.72. The van der Waals surface area contributed by atoms with E-state index in [1.165, 1.54) is 6.07 Å². The molecule has 1 N–H and O–H groups in total. The number of halogens is 1. The summed E-state index contributed by atoms with van der Waals surface area (Å²) >= 11 is 0. The lowest BCUT2D eigenvalue weighted by Crippen LogP contribution is -2.27. The van der Waals surface area contributed by atoms with E-state index < -0.39 is 0 Å². The minimum Gasteiger partial charge on any atom is -0.490 e. The van der Waals surface area contributed by atoms with E-state index >= 15 is 0 Å². The van der Waals surface area contributed by atoms with Gasteiger partial charge in [-0.05, 0) is 61.9 Å². The Hall–Kier alpha value is -2.56. The summed E-state index contributed by atoms with van der Waals surface area (Å²) in [7, 11) is 0. The molecule has 1 fully saturated rings. The molecule has 4 nitrogen and oxygen atoms in total. The van der Waals surface area contributed by atoms with Gasteiger partial charge < -0.3 is 14.8 Å².